The lowest BCUT2D eigenvalue weighted by molar-refractivity contribution is 0.0950. The number of nitrogens with zero attached hydrogens (tertiary/aromatic N) is 1. The van der Waals surface area contributed by atoms with E-state index in [1.165, 1.54) is 24.6 Å². The van der Waals surface area contributed by atoms with E-state index in [-0.39, 0.29) is 18.0 Å². The number of nitrogens with two attached hydrogens (primary N) is 1. The number of anilines is 1. The van der Waals surface area contributed by atoms with E-state index >= 15 is 0 Å². The summed E-state index contributed by atoms with van der Waals surface area (Å²) in [6, 6.07) is 6.24. The summed E-state index contributed by atoms with van der Waals surface area (Å²) in [7, 11) is 0. The van der Waals surface area contributed by atoms with Gasteiger partial charge in [-0.2, -0.15) is 0 Å². The number of aromatic amines is 1. The number of aryl methyl sites for hydroxylation is 2. The maximum absolute atomic E-state index is 13.5. The fourth-order valence-electron chi connectivity index (χ4n) is 5.32. The molecule has 1 saturated carbocycles. The van der Waals surface area contributed by atoms with Crippen molar-refractivity contribution in [3.8, 4) is 0 Å². The Hall–Kier alpha value is -3.23. The molecule has 8 heteroatoms. The van der Waals surface area contributed by atoms with Gasteiger partial charge >= 0.3 is 0 Å². The Labute approximate surface area is 212 Å². The second-order valence-electron chi connectivity index (χ2n) is 9.95. The third-order valence-corrected chi connectivity index (χ3v) is 7.31. The van der Waals surface area contributed by atoms with Crippen molar-refractivity contribution in [3.63, 3.8) is 0 Å². The zero-order chi connectivity index (χ0) is 25.7. The highest BCUT2D eigenvalue weighted by molar-refractivity contribution is 6.06. The number of H-pyrrole nitrogens is 1. The summed E-state index contributed by atoms with van der Waals surface area (Å²) in [5, 5.41) is 14.7. The van der Waals surface area contributed by atoms with Crippen molar-refractivity contribution < 1.29 is 4.79 Å². The van der Waals surface area contributed by atoms with Gasteiger partial charge in [0.2, 0.25) is 0 Å². The number of amides is 1. The third kappa shape index (κ3) is 5.94. The number of pyridine rings is 1. The molecule has 1 aliphatic heterocycles. The molecule has 2 aliphatic rings. The summed E-state index contributed by atoms with van der Waals surface area (Å²) in [5.74, 6) is -0.287. The minimum Gasteiger partial charge on any atom is -0.382 e. The van der Waals surface area contributed by atoms with Gasteiger partial charge in [0, 0.05) is 67.5 Å². The van der Waals surface area contributed by atoms with Gasteiger partial charge in [-0.1, -0.05) is 18.9 Å². The standard InChI is InChI=1S/C28H38N6O2/c1-18-13-19(2)32-28(36)25(18)17-31-27(35)23-14-21(20-7-10-34(11-8-20)12-9-29)15-26(24(23)16-30)33-22-5-3-4-6-22/h7,13-16,22,30,33H,3-6,8-12,17,29H2,1-2H3,(H,31,35)(H,32,36). The summed E-state index contributed by atoms with van der Waals surface area (Å²) < 4.78 is 0. The fourth-order valence-corrected chi connectivity index (χ4v) is 5.32. The van der Waals surface area contributed by atoms with Gasteiger partial charge in [-0.25, -0.2) is 0 Å². The Morgan fingerprint density at radius 2 is 2.03 bits per heavy atom. The smallest absolute Gasteiger partial charge is 0.253 e. The molecule has 0 atom stereocenters. The van der Waals surface area contributed by atoms with E-state index in [2.05, 4.69) is 32.7 Å². The number of hydrogen-bond donors (Lipinski definition) is 5. The maximum atomic E-state index is 13.5. The normalized spacial score (nSPS) is 16.6. The van der Waals surface area contributed by atoms with Crippen LogP contribution < -0.4 is 21.9 Å². The molecule has 1 fully saturated rings. The average molecular weight is 491 g/mol. The lowest BCUT2D eigenvalue weighted by Gasteiger charge is -2.27. The molecule has 1 aliphatic carbocycles. The van der Waals surface area contributed by atoms with Gasteiger partial charge in [0.15, 0.2) is 0 Å². The first-order valence-corrected chi connectivity index (χ1v) is 12.9. The molecular weight excluding hydrogens is 452 g/mol. The molecule has 6 N–H and O–H groups in total. The number of benzene rings is 1. The van der Waals surface area contributed by atoms with Crippen LogP contribution in [0.1, 0.15) is 70.4 Å². The van der Waals surface area contributed by atoms with Crippen LogP contribution in [0.15, 0.2) is 29.1 Å². The SMILES string of the molecule is Cc1cc(C)c(CNC(=O)c2cc(C3=CCN(CCN)CC3)cc(NC3CCCC3)c2C=N)c(=O)[nH]1. The number of carbonyl (C=O) groups is 1. The Morgan fingerprint density at radius 3 is 2.67 bits per heavy atom. The van der Waals surface area contributed by atoms with E-state index in [0.717, 1.165) is 61.4 Å². The van der Waals surface area contributed by atoms with Gasteiger partial charge in [0.1, 0.15) is 0 Å². The van der Waals surface area contributed by atoms with Gasteiger partial charge in [0.05, 0.1) is 5.56 Å². The molecule has 0 radical (unpaired) electrons. The molecule has 0 bridgehead atoms. The Bertz CT molecular complexity index is 1210. The Balaban J connectivity index is 1.65. The number of aromatic nitrogens is 1. The molecule has 2 aromatic rings. The third-order valence-electron chi connectivity index (χ3n) is 7.31. The van der Waals surface area contributed by atoms with Crippen LogP contribution in [0.25, 0.3) is 5.57 Å². The molecule has 1 aromatic heterocycles. The summed E-state index contributed by atoms with van der Waals surface area (Å²) in [6.07, 6.45) is 8.93. The van der Waals surface area contributed by atoms with Crippen molar-refractivity contribution in [1.29, 1.82) is 5.41 Å². The molecule has 0 unspecified atom stereocenters. The molecule has 36 heavy (non-hydrogen) atoms. The average Bonchev–Trinajstić information content (AvgIpc) is 3.36. The summed E-state index contributed by atoms with van der Waals surface area (Å²) in [5.41, 5.74) is 11.8. The molecule has 0 saturated heterocycles. The molecule has 4 rings (SSSR count). The highest BCUT2D eigenvalue weighted by atomic mass is 16.1. The topological polar surface area (TPSA) is 127 Å². The van der Waals surface area contributed by atoms with Crippen molar-refractivity contribution in [3.05, 3.63) is 68.1 Å². The maximum Gasteiger partial charge on any atom is 0.253 e. The predicted octanol–water partition coefficient (Wildman–Crippen LogP) is 3.32. The first-order chi connectivity index (χ1) is 17.4. The van der Waals surface area contributed by atoms with Crippen LogP contribution in [0.4, 0.5) is 5.69 Å². The van der Waals surface area contributed by atoms with E-state index < -0.39 is 0 Å². The minimum absolute atomic E-state index is 0.129. The lowest BCUT2D eigenvalue weighted by Crippen LogP contribution is -2.33. The van der Waals surface area contributed by atoms with Gasteiger partial charge < -0.3 is 26.8 Å². The van der Waals surface area contributed by atoms with Crippen LogP contribution in [0.5, 0.6) is 0 Å². The Kier molecular flexibility index (Phi) is 8.38. The van der Waals surface area contributed by atoms with E-state index in [4.69, 9.17) is 11.1 Å². The molecule has 192 valence electrons. The van der Waals surface area contributed by atoms with Crippen LogP contribution in [0.3, 0.4) is 0 Å². The number of carbonyl (C=O) groups excluding carboxylic acids is 1. The van der Waals surface area contributed by atoms with Gasteiger partial charge in [0.25, 0.3) is 11.5 Å². The van der Waals surface area contributed by atoms with Crippen molar-refractivity contribution in [2.75, 3.05) is 31.5 Å². The van der Waals surface area contributed by atoms with Crippen LogP contribution in [-0.2, 0) is 6.54 Å². The first kappa shape index (κ1) is 25.9. The molecule has 2 heterocycles. The van der Waals surface area contributed by atoms with E-state index in [9.17, 15) is 9.59 Å². The predicted molar refractivity (Wildman–Crippen MR) is 146 cm³/mol. The molecule has 1 amide bonds. The van der Waals surface area contributed by atoms with Crippen molar-refractivity contribution >= 4 is 23.4 Å². The van der Waals surface area contributed by atoms with Gasteiger partial charge in [-0.15, -0.1) is 0 Å². The van der Waals surface area contributed by atoms with Gasteiger partial charge in [-0.3, -0.25) is 14.5 Å². The zero-order valence-corrected chi connectivity index (χ0v) is 21.4. The van der Waals surface area contributed by atoms with Gasteiger partial charge in [-0.05, 0) is 68.0 Å². The lowest BCUT2D eigenvalue weighted by atomic mass is 9.93. The van der Waals surface area contributed by atoms with Crippen LogP contribution in [0.2, 0.25) is 0 Å². The van der Waals surface area contributed by atoms with E-state index in [1.54, 1.807) is 0 Å². The van der Waals surface area contributed by atoms with Crippen LogP contribution in [-0.4, -0.2) is 54.2 Å². The zero-order valence-electron chi connectivity index (χ0n) is 21.4. The highest BCUT2D eigenvalue weighted by Crippen LogP contribution is 2.31. The van der Waals surface area contributed by atoms with Crippen LogP contribution in [0, 0.1) is 19.3 Å². The summed E-state index contributed by atoms with van der Waals surface area (Å²) in [4.78, 5) is 31.0. The molecule has 1 aromatic carbocycles. The minimum atomic E-state index is -0.287. The molecule has 8 nitrogen and oxygen atoms in total. The highest BCUT2D eigenvalue weighted by Gasteiger charge is 2.22. The van der Waals surface area contributed by atoms with E-state index in [0.29, 0.717) is 29.3 Å². The summed E-state index contributed by atoms with van der Waals surface area (Å²) in [6.45, 7) is 7.12. The van der Waals surface area contributed by atoms with Crippen molar-refractivity contribution in [2.24, 2.45) is 5.73 Å². The number of hydrogen-bond acceptors (Lipinski definition) is 6. The fraction of sp³-hybridized carbons (Fsp3) is 0.464. The second-order valence-corrected chi connectivity index (χ2v) is 9.95. The van der Waals surface area contributed by atoms with Crippen LogP contribution >= 0.6 is 0 Å². The quantitative estimate of drug-likeness (QED) is 0.345. The van der Waals surface area contributed by atoms with Crippen molar-refractivity contribution in [1.82, 2.24) is 15.2 Å². The molecular formula is C28H38N6O2. The largest absolute Gasteiger partial charge is 0.382 e. The van der Waals surface area contributed by atoms with E-state index in [1.807, 2.05) is 26.0 Å². The molecule has 0 spiro atoms. The number of rotatable bonds is 9. The second kappa shape index (κ2) is 11.7. The van der Waals surface area contributed by atoms with Crippen molar-refractivity contribution in [2.45, 2.75) is 58.5 Å². The number of nitrogens with one attached hydrogen (secondary N) is 4. The summed E-state index contributed by atoms with van der Waals surface area (Å²) >= 11 is 0. The Morgan fingerprint density at radius 1 is 1.25 bits per heavy atom. The monoisotopic (exact) mass is 490 g/mol. The first-order valence-electron chi connectivity index (χ1n) is 12.9.